The maximum Gasteiger partial charge on any atom is 0.418 e. The molecule has 0 radical (unpaired) electrons. The minimum absolute atomic E-state index is 0.0403. The molecule has 1 aliphatic rings. The summed E-state index contributed by atoms with van der Waals surface area (Å²) in [7, 11) is 0. The second kappa shape index (κ2) is 6.08. The van der Waals surface area contributed by atoms with E-state index in [4.69, 9.17) is 4.74 Å². The lowest BCUT2D eigenvalue weighted by atomic mass is 9.83. The molecule has 1 saturated heterocycles. The molecule has 7 nitrogen and oxygen atoms in total. The molecule has 2 rings (SSSR count). The Balaban J connectivity index is 1.94. The van der Waals surface area contributed by atoms with Gasteiger partial charge in [-0.15, -0.1) is 5.10 Å². The van der Waals surface area contributed by atoms with E-state index in [0.717, 1.165) is 6.42 Å². The van der Waals surface area contributed by atoms with Crippen LogP contribution >= 0.6 is 0 Å². The third kappa shape index (κ3) is 3.81. The summed E-state index contributed by atoms with van der Waals surface area (Å²) in [6.45, 7) is 3.36. The van der Waals surface area contributed by atoms with Crippen LogP contribution in [0.15, 0.2) is 6.20 Å². The molecular formula is C13H19F3N4O3. The standard InChI is InChI=1S/C13H19F3N4O3/c1-3-12(7-23-8-12)6-20-4-9(18-19-20)10(21)17-5-11(2,22)13(14,15)16/h4,22H,3,5-8H2,1-2H3,(H,17,21)/t11-/m1/s1. The van der Waals surface area contributed by atoms with Gasteiger partial charge in [-0.25, -0.2) is 0 Å². The van der Waals surface area contributed by atoms with Crippen molar-refractivity contribution in [3.8, 4) is 0 Å². The molecule has 23 heavy (non-hydrogen) atoms. The topological polar surface area (TPSA) is 89.3 Å². The number of carbonyl (C=O) groups is 1. The number of carbonyl (C=O) groups excluding carboxylic acids is 1. The van der Waals surface area contributed by atoms with Gasteiger partial charge in [-0.1, -0.05) is 12.1 Å². The van der Waals surface area contributed by atoms with Crippen LogP contribution in [0.4, 0.5) is 13.2 Å². The third-order valence-electron chi connectivity index (χ3n) is 4.04. The average molecular weight is 336 g/mol. The van der Waals surface area contributed by atoms with Gasteiger partial charge >= 0.3 is 6.18 Å². The van der Waals surface area contributed by atoms with Crippen LogP contribution < -0.4 is 5.32 Å². The highest BCUT2D eigenvalue weighted by molar-refractivity contribution is 5.91. The summed E-state index contributed by atoms with van der Waals surface area (Å²) in [6.07, 6.45) is -2.59. The van der Waals surface area contributed by atoms with Crippen LogP contribution in [0.5, 0.6) is 0 Å². The molecule has 1 amide bonds. The highest BCUT2D eigenvalue weighted by Gasteiger charge is 2.50. The van der Waals surface area contributed by atoms with Crippen LogP contribution in [0.25, 0.3) is 0 Å². The quantitative estimate of drug-likeness (QED) is 0.800. The number of hydrogen-bond donors (Lipinski definition) is 2. The van der Waals surface area contributed by atoms with Crippen LogP contribution in [-0.2, 0) is 11.3 Å². The van der Waals surface area contributed by atoms with Crippen molar-refractivity contribution in [2.75, 3.05) is 19.8 Å². The van der Waals surface area contributed by atoms with Crippen molar-refractivity contribution in [1.29, 1.82) is 0 Å². The van der Waals surface area contributed by atoms with E-state index in [1.165, 1.54) is 10.9 Å². The van der Waals surface area contributed by atoms with Crippen LogP contribution in [-0.4, -0.2) is 57.5 Å². The Morgan fingerprint density at radius 1 is 1.52 bits per heavy atom. The van der Waals surface area contributed by atoms with Gasteiger partial charge < -0.3 is 15.2 Å². The van der Waals surface area contributed by atoms with E-state index in [2.05, 4.69) is 10.3 Å². The van der Waals surface area contributed by atoms with E-state index >= 15 is 0 Å². The number of nitrogens with one attached hydrogen (secondary N) is 1. The van der Waals surface area contributed by atoms with E-state index in [-0.39, 0.29) is 11.1 Å². The fourth-order valence-corrected chi connectivity index (χ4v) is 2.06. The molecule has 10 heteroatoms. The Morgan fingerprint density at radius 2 is 2.17 bits per heavy atom. The summed E-state index contributed by atoms with van der Waals surface area (Å²) in [5.74, 6) is -0.823. The maximum atomic E-state index is 12.5. The first-order chi connectivity index (χ1) is 10.6. The second-order valence-corrected chi connectivity index (χ2v) is 6.10. The van der Waals surface area contributed by atoms with E-state index in [9.17, 15) is 23.1 Å². The highest BCUT2D eigenvalue weighted by atomic mass is 19.4. The molecule has 1 aliphatic heterocycles. The SMILES string of the molecule is CCC1(Cn2cc(C(=O)NC[C@@](C)(O)C(F)(F)F)nn2)COC1. The van der Waals surface area contributed by atoms with Gasteiger partial charge in [0.05, 0.1) is 32.5 Å². The zero-order valence-electron chi connectivity index (χ0n) is 12.9. The molecule has 1 fully saturated rings. The first kappa shape index (κ1) is 17.7. The molecule has 2 heterocycles. The van der Waals surface area contributed by atoms with E-state index in [1.807, 2.05) is 12.2 Å². The van der Waals surface area contributed by atoms with Gasteiger partial charge in [-0.2, -0.15) is 13.2 Å². The second-order valence-electron chi connectivity index (χ2n) is 6.10. The summed E-state index contributed by atoms with van der Waals surface area (Å²) >= 11 is 0. The molecule has 1 atom stereocenters. The van der Waals surface area contributed by atoms with Crippen molar-refractivity contribution < 1.29 is 27.8 Å². The number of rotatable bonds is 6. The predicted molar refractivity (Wildman–Crippen MR) is 72.6 cm³/mol. The Bertz CT molecular complexity index is 562. The van der Waals surface area contributed by atoms with Crippen molar-refractivity contribution in [3.05, 3.63) is 11.9 Å². The number of hydrogen-bond acceptors (Lipinski definition) is 5. The van der Waals surface area contributed by atoms with Gasteiger partial charge in [-0.05, 0) is 13.3 Å². The van der Waals surface area contributed by atoms with Crippen LogP contribution in [0.3, 0.4) is 0 Å². The monoisotopic (exact) mass is 336 g/mol. The van der Waals surface area contributed by atoms with Crippen molar-refractivity contribution in [2.24, 2.45) is 5.41 Å². The van der Waals surface area contributed by atoms with Crippen LogP contribution in [0.1, 0.15) is 30.8 Å². The molecule has 130 valence electrons. The van der Waals surface area contributed by atoms with Crippen molar-refractivity contribution in [1.82, 2.24) is 20.3 Å². The van der Waals surface area contributed by atoms with Crippen LogP contribution in [0, 0.1) is 5.41 Å². The lowest BCUT2D eigenvalue weighted by molar-refractivity contribution is -0.249. The minimum atomic E-state index is -4.84. The lowest BCUT2D eigenvalue weighted by Crippen LogP contribution is -2.51. The van der Waals surface area contributed by atoms with E-state index < -0.39 is 24.2 Å². The van der Waals surface area contributed by atoms with Crippen molar-refractivity contribution >= 4 is 5.91 Å². The van der Waals surface area contributed by atoms with Gasteiger partial charge in [0.2, 0.25) is 0 Å². The summed E-state index contributed by atoms with van der Waals surface area (Å²) in [4.78, 5) is 11.8. The first-order valence-electron chi connectivity index (χ1n) is 7.14. The largest absolute Gasteiger partial charge is 0.418 e. The van der Waals surface area contributed by atoms with E-state index in [0.29, 0.717) is 26.7 Å². The molecule has 1 aromatic heterocycles. The normalized spacial score (nSPS) is 19.7. The molecule has 0 spiro atoms. The third-order valence-corrected chi connectivity index (χ3v) is 4.04. The van der Waals surface area contributed by atoms with Gasteiger partial charge in [0.1, 0.15) is 0 Å². The molecule has 0 aromatic carbocycles. The molecule has 0 unspecified atom stereocenters. The highest BCUT2D eigenvalue weighted by Crippen LogP contribution is 2.32. The van der Waals surface area contributed by atoms with Gasteiger partial charge in [-0.3, -0.25) is 9.48 Å². The fraction of sp³-hybridized carbons (Fsp3) is 0.769. The van der Waals surface area contributed by atoms with Crippen molar-refractivity contribution in [3.63, 3.8) is 0 Å². The summed E-state index contributed by atoms with van der Waals surface area (Å²) < 4.78 is 44.2. The number of alkyl halides is 3. The van der Waals surface area contributed by atoms with Crippen molar-refractivity contribution in [2.45, 2.75) is 38.6 Å². The molecular weight excluding hydrogens is 317 g/mol. The molecule has 2 N–H and O–H groups in total. The molecule has 0 bridgehead atoms. The zero-order chi connectivity index (χ0) is 17.3. The summed E-state index contributed by atoms with van der Waals surface area (Å²) in [5.41, 5.74) is -3.15. The molecule has 1 aromatic rings. The number of nitrogens with zero attached hydrogens (tertiary/aromatic N) is 3. The number of aromatic nitrogens is 3. The minimum Gasteiger partial charge on any atom is -0.380 e. The van der Waals surface area contributed by atoms with Gasteiger partial charge in [0.15, 0.2) is 11.3 Å². The zero-order valence-corrected chi connectivity index (χ0v) is 12.9. The number of halogens is 3. The number of ether oxygens (including phenoxy) is 1. The fourth-order valence-electron chi connectivity index (χ4n) is 2.06. The summed E-state index contributed by atoms with van der Waals surface area (Å²) in [6, 6.07) is 0. The number of amides is 1. The van der Waals surface area contributed by atoms with Gasteiger partial charge in [0.25, 0.3) is 5.91 Å². The van der Waals surface area contributed by atoms with Crippen LogP contribution in [0.2, 0.25) is 0 Å². The average Bonchev–Trinajstić information content (AvgIpc) is 2.87. The Hall–Kier alpha value is -1.68. The van der Waals surface area contributed by atoms with E-state index in [1.54, 1.807) is 0 Å². The Kier molecular flexibility index (Phi) is 4.67. The van der Waals surface area contributed by atoms with Gasteiger partial charge in [0, 0.05) is 5.41 Å². The predicted octanol–water partition coefficient (Wildman–Crippen LogP) is 0.748. The first-order valence-corrected chi connectivity index (χ1v) is 7.14. The Morgan fingerprint density at radius 3 is 2.65 bits per heavy atom. The lowest BCUT2D eigenvalue weighted by Gasteiger charge is -2.40. The summed E-state index contributed by atoms with van der Waals surface area (Å²) in [5, 5.41) is 18.8. The smallest absolute Gasteiger partial charge is 0.380 e. The molecule has 0 saturated carbocycles. The molecule has 0 aliphatic carbocycles. The number of aliphatic hydroxyl groups is 1. The Labute approximate surface area is 130 Å². The maximum absolute atomic E-state index is 12.5.